The van der Waals surface area contributed by atoms with E-state index in [9.17, 15) is 18.0 Å². The smallest absolute Gasteiger partial charge is 0.264 e. The topological polar surface area (TPSA) is 101 Å². The van der Waals surface area contributed by atoms with Crippen molar-refractivity contribution in [2.75, 3.05) is 39.5 Å². The van der Waals surface area contributed by atoms with Gasteiger partial charge >= 0.3 is 0 Å². The zero-order chi connectivity index (χ0) is 18.4. The van der Waals surface area contributed by atoms with Crippen LogP contribution in [0.4, 0.5) is 0 Å². The largest absolute Gasteiger partial charge is 0.365 e. The predicted molar refractivity (Wildman–Crippen MR) is 89.0 cm³/mol. The first kappa shape index (κ1) is 18.5. The number of nitrogens with zero attached hydrogens (tertiary/aromatic N) is 2. The Morgan fingerprint density at radius 1 is 1.08 bits per heavy atom. The summed E-state index contributed by atoms with van der Waals surface area (Å²) < 4.78 is 36.4. The van der Waals surface area contributed by atoms with Gasteiger partial charge in [-0.1, -0.05) is 12.2 Å². The summed E-state index contributed by atoms with van der Waals surface area (Å²) in [6, 6.07) is 0. The van der Waals surface area contributed by atoms with Gasteiger partial charge in [0.25, 0.3) is 10.1 Å². The van der Waals surface area contributed by atoms with Crippen LogP contribution in [0.25, 0.3) is 0 Å². The second-order valence-electron chi connectivity index (χ2n) is 7.71. The fraction of sp³-hybridized carbons (Fsp3) is 0.750. The number of amides is 2. The normalized spacial score (nSPS) is 31.2. The minimum Gasteiger partial charge on any atom is -0.365 e. The molecule has 8 nitrogen and oxygen atoms in total. The quantitative estimate of drug-likeness (QED) is 0.206. The maximum absolute atomic E-state index is 12.6. The van der Waals surface area contributed by atoms with Gasteiger partial charge in [0.2, 0.25) is 11.8 Å². The molecule has 25 heavy (non-hydrogen) atoms. The highest BCUT2D eigenvalue weighted by atomic mass is 32.2. The predicted octanol–water partition coefficient (Wildman–Crippen LogP) is -0.331. The Hall–Kier alpha value is -1.29. The molecule has 140 valence electrons. The van der Waals surface area contributed by atoms with Crippen molar-refractivity contribution in [3.8, 4) is 0 Å². The lowest BCUT2D eigenvalue weighted by Gasteiger charge is -2.31. The molecule has 2 fully saturated rings. The fourth-order valence-corrected chi connectivity index (χ4v) is 4.46. The van der Waals surface area contributed by atoms with Crippen LogP contribution in [0.2, 0.25) is 0 Å². The molecule has 0 saturated carbocycles. The van der Waals surface area contributed by atoms with E-state index in [0.717, 1.165) is 0 Å². The lowest BCUT2D eigenvalue weighted by molar-refractivity contribution is -0.889. The van der Waals surface area contributed by atoms with Gasteiger partial charge in [0.1, 0.15) is 0 Å². The zero-order valence-electron chi connectivity index (χ0n) is 14.5. The van der Waals surface area contributed by atoms with Crippen LogP contribution in [0.15, 0.2) is 12.2 Å². The van der Waals surface area contributed by atoms with E-state index in [4.69, 9.17) is 9.29 Å². The molecular weight excluding hydrogens is 348 g/mol. The second kappa shape index (κ2) is 6.46. The number of quaternary nitrogens is 1. The van der Waals surface area contributed by atoms with Crippen LogP contribution in [-0.4, -0.2) is 85.9 Å². The SMILES string of the molecule is C[N+](C)(CCCCS(=O)(=O)O)CCN1C(=O)[C@@H]2C3C=CC(O3)[C@@H]2C1=O. The number of imide groups is 1. The Morgan fingerprint density at radius 2 is 1.64 bits per heavy atom. The molecule has 0 aromatic rings. The summed E-state index contributed by atoms with van der Waals surface area (Å²) in [4.78, 5) is 26.5. The number of ether oxygens (including phenoxy) is 1. The van der Waals surface area contributed by atoms with Crippen LogP contribution in [0, 0.1) is 11.8 Å². The average Bonchev–Trinajstić information content (AvgIpc) is 3.16. The molecule has 0 radical (unpaired) electrons. The van der Waals surface area contributed by atoms with Crippen molar-refractivity contribution >= 4 is 21.9 Å². The van der Waals surface area contributed by atoms with Gasteiger partial charge in [-0.05, 0) is 12.8 Å². The molecular formula is C16H25N2O6S+. The molecule has 2 amide bonds. The number of hydrogen-bond acceptors (Lipinski definition) is 5. The highest BCUT2D eigenvalue weighted by Crippen LogP contribution is 2.44. The van der Waals surface area contributed by atoms with Crippen molar-refractivity contribution in [2.24, 2.45) is 11.8 Å². The number of likely N-dealkylation sites (N-methyl/N-ethyl adjacent to an activating group) is 1. The Bertz CT molecular complexity index is 671. The minimum atomic E-state index is -3.92. The van der Waals surface area contributed by atoms with E-state index in [1.54, 1.807) is 0 Å². The third-order valence-electron chi connectivity index (χ3n) is 5.35. The summed E-state index contributed by atoms with van der Waals surface area (Å²) >= 11 is 0. The lowest BCUT2D eigenvalue weighted by Crippen LogP contribution is -2.48. The van der Waals surface area contributed by atoms with Crippen molar-refractivity contribution in [1.29, 1.82) is 0 Å². The van der Waals surface area contributed by atoms with Crippen molar-refractivity contribution in [1.82, 2.24) is 4.90 Å². The number of unbranched alkanes of at least 4 members (excludes halogenated alkanes) is 1. The summed E-state index contributed by atoms with van der Waals surface area (Å²) in [5, 5.41) is 0. The Labute approximate surface area is 147 Å². The van der Waals surface area contributed by atoms with Gasteiger partial charge in [0.15, 0.2) is 0 Å². The summed E-state index contributed by atoms with van der Waals surface area (Å²) in [6.07, 6.45) is 4.24. The monoisotopic (exact) mass is 373 g/mol. The summed E-state index contributed by atoms with van der Waals surface area (Å²) in [5.41, 5.74) is 0. The van der Waals surface area contributed by atoms with Crippen molar-refractivity contribution < 1.29 is 31.8 Å². The average molecular weight is 373 g/mol. The fourth-order valence-electron chi connectivity index (χ4n) is 3.89. The number of fused-ring (bicyclic) bond motifs is 5. The van der Waals surface area contributed by atoms with Crippen LogP contribution in [0.3, 0.4) is 0 Å². The third kappa shape index (κ3) is 3.79. The molecule has 9 heteroatoms. The molecule has 3 aliphatic heterocycles. The molecule has 1 N–H and O–H groups in total. The number of rotatable bonds is 8. The molecule has 0 spiro atoms. The van der Waals surface area contributed by atoms with Gasteiger partial charge in [-0.25, -0.2) is 0 Å². The van der Waals surface area contributed by atoms with E-state index in [0.29, 0.717) is 37.0 Å². The molecule has 3 heterocycles. The van der Waals surface area contributed by atoms with Gasteiger partial charge in [-0.15, -0.1) is 0 Å². The Kier molecular flexibility index (Phi) is 4.78. The second-order valence-corrected chi connectivity index (χ2v) is 9.28. The van der Waals surface area contributed by atoms with Crippen LogP contribution in [0.1, 0.15) is 12.8 Å². The number of carbonyl (C=O) groups is 2. The van der Waals surface area contributed by atoms with Gasteiger partial charge < -0.3 is 9.22 Å². The highest BCUT2D eigenvalue weighted by molar-refractivity contribution is 7.85. The Balaban J connectivity index is 1.50. The van der Waals surface area contributed by atoms with Gasteiger partial charge in [-0.2, -0.15) is 8.42 Å². The third-order valence-corrected chi connectivity index (χ3v) is 6.15. The van der Waals surface area contributed by atoms with Gasteiger partial charge in [0.05, 0.1) is 63.5 Å². The maximum Gasteiger partial charge on any atom is 0.264 e. The standard InChI is InChI=1S/C16H24N2O6S/c1-18(2,8-3-4-10-25(21,22)23)9-7-17-15(19)13-11-5-6-12(24-11)14(13)16(17)20/h5-6,11-14H,3-4,7-10H2,1-2H3/p+1/t11?,12?,13-,14+. The maximum atomic E-state index is 12.6. The van der Waals surface area contributed by atoms with E-state index in [2.05, 4.69) is 0 Å². The van der Waals surface area contributed by atoms with Crippen LogP contribution in [0.5, 0.6) is 0 Å². The van der Waals surface area contributed by atoms with E-state index >= 15 is 0 Å². The first-order chi connectivity index (χ1) is 11.6. The van der Waals surface area contributed by atoms with Crippen molar-refractivity contribution in [3.63, 3.8) is 0 Å². The zero-order valence-corrected chi connectivity index (χ0v) is 15.3. The number of hydrogen-bond donors (Lipinski definition) is 1. The molecule has 0 aromatic heterocycles. The van der Waals surface area contributed by atoms with E-state index in [1.807, 2.05) is 26.2 Å². The molecule has 3 rings (SSSR count). The minimum absolute atomic E-state index is 0.141. The molecule has 2 bridgehead atoms. The summed E-state index contributed by atoms with van der Waals surface area (Å²) in [5.74, 6) is -1.26. The first-order valence-corrected chi connectivity index (χ1v) is 10.2. The van der Waals surface area contributed by atoms with Gasteiger partial charge in [0, 0.05) is 0 Å². The molecule has 0 aliphatic carbocycles. The highest BCUT2D eigenvalue weighted by Gasteiger charge is 2.60. The number of likely N-dealkylation sites (tertiary alicyclic amines) is 1. The summed E-state index contributed by atoms with van der Waals surface area (Å²) in [6.45, 7) is 1.66. The molecule has 3 aliphatic rings. The van der Waals surface area contributed by atoms with Crippen LogP contribution in [-0.2, 0) is 24.4 Å². The first-order valence-electron chi connectivity index (χ1n) is 8.55. The summed E-state index contributed by atoms with van der Waals surface area (Å²) in [7, 11) is 0.0422. The van der Waals surface area contributed by atoms with Crippen LogP contribution >= 0.6 is 0 Å². The molecule has 2 unspecified atom stereocenters. The van der Waals surface area contributed by atoms with E-state index in [1.165, 1.54) is 4.90 Å². The molecule has 0 aromatic carbocycles. The molecule has 2 saturated heterocycles. The Morgan fingerprint density at radius 3 is 2.16 bits per heavy atom. The van der Waals surface area contributed by atoms with Gasteiger partial charge in [-0.3, -0.25) is 19.0 Å². The van der Waals surface area contributed by atoms with E-state index in [-0.39, 0.29) is 41.6 Å². The molecule has 4 atom stereocenters. The number of carbonyl (C=O) groups excluding carboxylic acids is 2. The van der Waals surface area contributed by atoms with Crippen molar-refractivity contribution in [2.45, 2.75) is 25.0 Å². The lowest BCUT2D eigenvalue weighted by atomic mass is 9.85. The van der Waals surface area contributed by atoms with Crippen molar-refractivity contribution in [3.05, 3.63) is 12.2 Å². The van der Waals surface area contributed by atoms with E-state index < -0.39 is 10.1 Å². The van der Waals surface area contributed by atoms with Crippen LogP contribution < -0.4 is 0 Å².